The van der Waals surface area contributed by atoms with E-state index in [-0.39, 0.29) is 35.3 Å². The van der Waals surface area contributed by atoms with E-state index in [0.717, 1.165) is 12.8 Å². The number of Topliss-reactive ketones (excluding diaryl/α,β-unsaturated/α-hetero) is 1. The van der Waals surface area contributed by atoms with Gasteiger partial charge in [0.2, 0.25) is 5.91 Å². The van der Waals surface area contributed by atoms with Crippen molar-refractivity contribution in [2.45, 2.75) is 45.4 Å². The average Bonchev–Trinajstić information content (AvgIpc) is 2.73. The number of hydrogen-bond donors (Lipinski definition) is 3. The monoisotopic (exact) mass is 415 g/mol. The third kappa shape index (κ3) is 7.99. The number of unbranched alkanes of at least 4 members (excludes halogenated alkanes) is 2. The SMILES string of the molecule is CCCCCc1ccc(C(=O)CCC(=O)NNC(=S)Nc2ccccc2F)cc1. The summed E-state index contributed by atoms with van der Waals surface area (Å²) in [7, 11) is 0. The lowest BCUT2D eigenvalue weighted by Gasteiger charge is -2.12. The van der Waals surface area contributed by atoms with Crippen molar-refractivity contribution in [2.24, 2.45) is 0 Å². The number of carbonyl (C=O) groups excluding carboxylic acids is 2. The summed E-state index contributed by atoms with van der Waals surface area (Å²) in [4.78, 5) is 24.2. The van der Waals surface area contributed by atoms with Gasteiger partial charge in [-0.3, -0.25) is 20.4 Å². The van der Waals surface area contributed by atoms with Gasteiger partial charge >= 0.3 is 0 Å². The van der Waals surface area contributed by atoms with E-state index in [1.807, 2.05) is 24.3 Å². The van der Waals surface area contributed by atoms with Crippen LogP contribution in [0.4, 0.5) is 10.1 Å². The summed E-state index contributed by atoms with van der Waals surface area (Å²) < 4.78 is 13.5. The van der Waals surface area contributed by atoms with Crippen LogP contribution in [-0.4, -0.2) is 16.8 Å². The van der Waals surface area contributed by atoms with E-state index in [4.69, 9.17) is 12.2 Å². The molecular weight excluding hydrogens is 389 g/mol. The normalized spacial score (nSPS) is 10.3. The number of benzene rings is 2. The Hall–Kier alpha value is -2.80. The average molecular weight is 416 g/mol. The Balaban J connectivity index is 1.70. The molecule has 29 heavy (non-hydrogen) atoms. The number of anilines is 1. The first-order chi connectivity index (χ1) is 14.0. The molecule has 7 heteroatoms. The minimum atomic E-state index is -0.454. The molecule has 0 atom stereocenters. The topological polar surface area (TPSA) is 70.2 Å². The number of ketones is 1. The zero-order valence-corrected chi connectivity index (χ0v) is 17.3. The Morgan fingerprint density at radius 3 is 2.38 bits per heavy atom. The van der Waals surface area contributed by atoms with E-state index in [2.05, 4.69) is 23.1 Å². The summed E-state index contributed by atoms with van der Waals surface area (Å²) in [5.74, 6) is -0.926. The molecule has 0 spiro atoms. The van der Waals surface area contributed by atoms with Crippen molar-refractivity contribution in [3.05, 3.63) is 65.5 Å². The first-order valence-corrected chi connectivity index (χ1v) is 10.1. The summed E-state index contributed by atoms with van der Waals surface area (Å²) in [6.45, 7) is 2.17. The fourth-order valence-corrected chi connectivity index (χ4v) is 2.87. The molecule has 2 rings (SSSR count). The van der Waals surface area contributed by atoms with Crippen LogP contribution in [0, 0.1) is 5.82 Å². The lowest BCUT2D eigenvalue weighted by atomic mass is 10.0. The maximum Gasteiger partial charge on any atom is 0.238 e. The molecule has 0 aliphatic rings. The van der Waals surface area contributed by atoms with Gasteiger partial charge in [0.1, 0.15) is 5.82 Å². The molecule has 0 saturated carbocycles. The molecule has 0 aromatic heterocycles. The Morgan fingerprint density at radius 1 is 0.966 bits per heavy atom. The van der Waals surface area contributed by atoms with E-state index in [9.17, 15) is 14.0 Å². The molecule has 2 aromatic rings. The van der Waals surface area contributed by atoms with E-state index in [0.29, 0.717) is 5.56 Å². The Morgan fingerprint density at radius 2 is 1.69 bits per heavy atom. The van der Waals surface area contributed by atoms with Crippen LogP contribution in [0.3, 0.4) is 0 Å². The minimum Gasteiger partial charge on any atom is -0.329 e. The maximum absolute atomic E-state index is 13.5. The highest BCUT2D eigenvalue weighted by atomic mass is 32.1. The third-order valence-corrected chi connectivity index (χ3v) is 4.57. The van der Waals surface area contributed by atoms with Gasteiger partial charge in [-0.1, -0.05) is 56.2 Å². The molecule has 5 nitrogen and oxygen atoms in total. The number of aryl methyl sites for hydroxylation is 1. The van der Waals surface area contributed by atoms with E-state index >= 15 is 0 Å². The second-order valence-electron chi connectivity index (χ2n) is 6.68. The number of amides is 1. The van der Waals surface area contributed by atoms with Gasteiger partial charge in [-0.15, -0.1) is 0 Å². The highest BCUT2D eigenvalue weighted by molar-refractivity contribution is 7.80. The van der Waals surface area contributed by atoms with Crippen LogP contribution in [0.1, 0.15) is 54.9 Å². The number of para-hydroxylation sites is 1. The van der Waals surface area contributed by atoms with Crippen molar-refractivity contribution in [1.82, 2.24) is 10.9 Å². The molecule has 0 saturated heterocycles. The molecule has 0 aliphatic heterocycles. The molecule has 0 aliphatic carbocycles. The van der Waals surface area contributed by atoms with Crippen LogP contribution in [0.25, 0.3) is 0 Å². The Labute approximate surface area is 176 Å². The molecule has 2 aromatic carbocycles. The summed E-state index contributed by atoms with van der Waals surface area (Å²) in [6.07, 6.45) is 4.64. The minimum absolute atomic E-state index is 0.0202. The molecule has 0 bridgehead atoms. The molecule has 0 fully saturated rings. The smallest absolute Gasteiger partial charge is 0.238 e. The summed E-state index contributed by atoms with van der Waals surface area (Å²) in [6, 6.07) is 13.6. The largest absolute Gasteiger partial charge is 0.329 e. The molecule has 1 amide bonds. The van der Waals surface area contributed by atoms with Gasteiger partial charge < -0.3 is 5.32 Å². The predicted molar refractivity (Wildman–Crippen MR) is 117 cm³/mol. The summed E-state index contributed by atoms with van der Waals surface area (Å²) >= 11 is 5.01. The maximum atomic E-state index is 13.5. The van der Waals surface area contributed by atoms with Gasteiger partial charge in [0.05, 0.1) is 5.69 Å². The number of nitrogens with one attached hydrogen (secondary N) is 3. The van der Waals surface area contributed by atoms with E-state index in [1.165, 1.54) is 30.5 Å². The van der Waals surface area contributed by atoms with Gasteiger partial charge in [0.15, 0.2) is 10.9 Å². The molecule has 3 N–H and O–H groups in total. The van der Waals surface area contributed by atoms with Crippen molar-refractivity contribution in [2.75, 3.05) is 5.32 Å². The van der Waals surface area contributed by atoms with Gasteiger partial charge in [0, 0.05) is 18.4 Å². The van der Waals surface area contributed by atoms with Crippen LogP contribution >= 0.6 is 12.2 Å². The second-order valence-corrected chi connectivity index (χ2v) is 7.09. The van der Waals surface area contributed by atoms with Crippen molar-refractivity contribution >= 4 is 34.7 Å². The standard InChI is InChI=1S/C22H26FN3O2S/c1-2-3-4-7-16-10-12-17(13-11-16)20(27)14-15-21(28)25-26-22(29)24-19-9-6-5-8-18(19)23/h5-6,8-13H,2-4,7,14-15H2,1H3,(H,25,28)(H2,24,26,29). The van der Waals surface area contributed by atoms with Crippen LogP contribution in [0.5, 0.6) is 0 Å². The Kier molecular flexibility index (Phi) is 9.24. The number of hydrogen-bond acceptors (Lipinski definition) is 3. The lowest BCUT2D eigenvalue weighted by Crippen LogP contribution is -2.43. The molecule has 154 valence electrons. The Bertz CT molecular complexity index is 840. The third-order valence-electron chi connectivity index (χ3n) is 4.36. The van der Waals surface area contributed by atoms with Gasteiger partial charge in [-0.05, 0) is 42.8 Å². The molecule has 0 unspecified atom stereocenters. The van der Waals surface area contributed by atoms with Gasteiger partial charge in [0.25, 0.3) is 0 Å². The summed E-state index contributed by atoms with van der Waals surface area (Å²) in [5.41, 5.74) is 6.91. The zero-order chi connectivity index (χ0) is 21.1. The van der Waals surface area contributed by atoms with Crippen LogP contribution < -0.4 is 16.2 Å². The first kappa shape index (κ1) is 22.5. The molecule has 0 heterocycles. The number of thiocarbonyl (C=S) groups is 1. The molecule has 0 radical (unpaired) electrons. The van der Waals surface area contributed by atoms with E-state index < -0.39 is 5.82 Å². The van der Waals surface area contributed by atoms with Crippen LogP contribution in [0.2, 0.25) is 0 Å². The predicted octanol–water partition coefficient (Wildman–Crippen LogP) is 4.54. The molecular formula is C22H26FN3O2S. The number of halogens is 1. The number of carbonyl (C=O) groups is 2. The highest BCUT2D eigenvalue weighted by Crippen LogP contribution is 2.12. The van der Waals surface area contributed by atoms with Gasteiger partial charge in [-0.2, -0.15) is 0 Å². The van der Waals surface area contributed by atoms with E-state index in [1.54, 1.807) is 12.1 Å². The first-order valence-electron chi connectivity index (χ1n) is 9.72. The quantitative estimate of drug-likeness (QED) is 0.243. The second kappa shape index (κ2) is 11.9. The van der Waals surface area contributed by atoms with Crippen LogP contribution in [0.15, 0.2) is 48.5 Å². The number of hydrazine groups is 1. The van der Waals surface area contributed by atoms with Crippen molar-refractivity contribution in [1.29, 1.82) is 0 Å². The van der Waals surface area contributed by atoms with Crippen molar-refractivity contribution in [3.63, 3.8) is 0 Å². The summed E-state index contributed by atoms with van der Waals surface area (Å²) in [5, 5.41) is 2.69. The highest BCUT2D eigenvalue weighted by Gasteiger charge is 2.10. The lowest BCUT2D eigenvalue weighted by molar-refractivity contribution is -0.121. The van der Waals surface area contributed by atoms with Crippen molar-refractivity contribution < 1.29 is 14.0 Å². The zero-order valence-electron chi connectivity index (χ0n) is 16.5. The number of rotatable bonds is 9. The fourth-order valence-electron chi connectivity index (χ4n) is 2.71. The van der Waals surface area contributed by atoms with Gasteiger partial charge in [-0.25, -0.2) is 4.39 Å². The van der Waals surface area contributed by atoms with Crippen LogP contribution in [-0.2, 0) is 11.2 Å². The van der Waals surface area contributed by atoms with Crippen molar-refractivity contribution in [3.8, 4) is 0 Å². The fraction of sp³-hybridized carbons (Fsp3) is 0.318.